The molecule has 0 aliphatic carbocycles. The molecule has 0 saturated heterocycles. The first kappa shape index (κ1) is 14.0. The van der Waals surface area contributed by atoms with E-state index in [0.29, 0.717) is 10.6 Å². The van der Waals surface area contributed by atoms with Gasteiger partial charge in [-0.25, -0.2) is 4.39 Å². The van der Waals surface area contributed by atoms with E-state index in [1.54, 1.807) is 30.3 Å². The van der Waals surface area contributed by atoms with E-state index in [1.807, 2.05) is 0 Å². The highest BCUT2D eigenvalue weighted by molar-refractivity contribution is 6.30. The van der Waals surface area contributed by atoms with Gasteiger partial charge in [-0.1, -0.05) is 23.7 Å². The van der Waals surface area contributed by atoms with Crippen molar-refractivity contribution in [2.45, 2.75) is 6.92 Å². The molecule has 0 unspecified atom stereocenters. The lowest BCUT2D eigenvalue weighted by Crippen LogP contribution is -2.04. The van der Waals surface area contributed by atoms with Crippen molar-refractivity contribution >= 4 is 17.6 Å². The van der Waals surface area contributed by atoms with Gasteiger partial charge in [-0.15, -0.1) is 0 Å². The number of carbonyl (C=O) groups is 1. The van der Waals surface area contributed by atoms with Crippen molar-refractivity contribution in [1.29, 1.82) is 5.26 Å². The molecule has 0 aliphatic rings. The second kappa shape index (κ2) is 5.72. The molecule has 5 heteroatoms. The number of hydrogen-bond acceptors (Lipinski definition) is 3. The van der Waals surface area contributed by atoms with Gasteiger partial charge in [0.05, 0.1) is 0 Å². The highest BCUT2D eigenvalue weighted by atomic mass is 35.5. The van der Waals surface area contributed by atoms with E-state index < -0.39 is 11.8 Å². The topological polar surface area (TPSA) is 50.1 Å². The van der Waals surface area contributed by atoms with Crippen molar-refractivity contribution in [2.24, 2.45) is 0 Å². The van der Waals surface area contributed by atoms with Crippen LogP contribution in [0.3, 0.4) is 0 Å². The van der Waals surface area contributed by atoms with Gasteiger partial charge in [0.25, 0.3) is 0 Å². The first-order chi connectivity index (χ1) is 9.52. The SMILES string of the molecule is CC(=O)Oc1ccc(-c2ccc(Cl)cc2)c(F)c1C#N. The van der Waals surface area contributed by atoms with Crippen molar-refractivity contribution in [1.82, 2.24) is 0 Å². The van der Waals surface area contributed by atoms with Crippen molar-refractivity contribution in [2.75, 3.05) is 0 Å². The van der Waals surface area contributed by atoms with Crippen LogP contribution in [0.5, 0.6) is 5.75 Å². The Labute approximate surface area is 120 Å². The molecule has 3 nitrogen and oxygen atoms in total. The molecule has 2 rings (SSSR count). The number of halogens is 2. The molecule has 0 radical (unpaired) electrons. The molecular weight excluding hydrogens is 281 g/mol. The van der Waals surface area contributed by atoms with Crippen LogP contribution in [-0.2, 0) is 4.79 Å². The predicted octanol–water partition coefficient (Wildman–Crippen LogP) is 3.94. The number of carbonyl (C=O) groups excluding carboxylic acids is 1. The largest absolute Gasteiger partial charge is 0.425 e. The molecule has 100 valence electrons. The summed E-state index contributed by atoms with van der Waals surface area (Å²) in [6, 6.07) is 11.1. The van der Waals surface area contributed by atoms with Gasteiger partial charge in [0.1, 0.15) is 11.6 Å². The molecule has 20 heavy (non-hydrogen) atoms. The third kappa shape index (κ3) is 2.79. The zero-order chi connectivity index (χ0) is 14.7. The van der Waals surface area contributed by atoms with E-state index in [9.17, 15) is 9.18 Å². The number of nitrogens with zero attached hydrogens (tertiary/aromatic N) is 1. The summed E-state index contributed by atoms with van der Waals surface area (Å²) in [7, 11) is 0. The maximum absolute atomic E-state index is 14.3. The van der Waals surface area contributed by atoms with Crippen LogP contribution in [-0.4, -0.2) is 5.97 Å². The molecule has 0 spiro atoms. The Balaban J connectivity index is 2.55. The van der Waals surface area contributed by atoms with E-state index >= 15 is 0 Å². The highest BCUT2D eigenvalue weighted by Gasteiger charge is 2.16. The molecule has 0 amide bonds. The number of esters is 1. The van der Waals surface area contributed by atoms with Crippen LogP contribution in [0.1, 0.15) is 12.5 Å². The molecule has 2 aromatic rings. The fourth-order valence-electron chi connectivity index (χ4n) is 1.75. The normalized spacial score (nSPS) is 9.90. The minimum absolute atomic E-state index is 0.0878. The van der Waals surface area contributed by atoms with Crippen LogP contribution in [0.15, 0.2) is 36.4 Å². The third-order valence-electron chi connectivity index (χ3n) is 2.62. The molecule has 2 aromatic carbocycles. The maximum Gasteiger partial charge on any atom is 0.308 e. The van der Waals surface area contributed by atoms with Gasteiger partial charge in [0.15, 0.2) is 11.6 Å². The molecule has 0 aliphatic heterocycles. The second-order valence-corrected chi connectivity index (χ2v) is 4.45. The number of benzene rings is 2. The van der Waals surface area contributed by atoms with E-state index in [1.165, 1.54) is 19.1 Å². The van der Waals surface area contributed by atoms with Gasteiger partial charge in [0.2, 0.25) is 0 Å². The second-order valence-electron chi connectivity index (χ2n) is 4.01. The molecule has 0 N–H and O–H groups in total. The average Bonchev–Trinajstić information content (AvgIpc) is 2.40. The van der Waals surface area contributed by atoms with Crippen LogP contribution in [0, 0.1) is 17.1 Å². The summed E-state index contributed by atoms with van der Waals surface area (Å²) in [5.74, 6) is -1.43. The van der Waals surface area contributed by atoms with E-state index in [2.05, 4.69) is 0 Å². The van der Waals surface area contributed by atoms with Crippen LogP contribution >= 0.6 is 11.6 Å². The minimum atomic E-state index is -0.728. The Morgan fingerprint density at radius 1 is 1.25 bits per heavy atom. The molecule has 0 fully saturated rings. The average molecular weight is 290 g/mol. The first-order valence-electron chi connectivity index (χ1n) is 5.70. The van der Waals surface area contributed by atoms with Crippen LogP contribution in [0.4, 0.5) is 4.39 Å². The van der Waals surface area contributed by atoms with Crippen LogP contribution in [0.2, 0.25) is 5.02 Å². The predicted molar refractivity (Wildman–Crippen MR) is 72.9 cm³/mol. The summed E-state index contributed by atoms with van der Waals surface area (Å²) in [6.45, 7) is 1.19. The van der Waals surface area contributed by atoms with Crippen molar-refractivity contribution < 1.29 is 13.9 Å². The lowest BCUT2D eigenvalue weighted by Gasteiger charge is -2.09. The summed E-state index contributed by atoms with van der Waals surface area (Å²) < 4.78 is 19.1. The summed E-state index contributed by atoms with van der Waals surface area (Å²) in [4.78, 5) is 10.9. The molecule has 0 heterocycles. The van der Waals surface area contributed by atoms with Gasteiger partial charge in [-0.05, 0) is 29.8 Å². The number of hydrogen-bond donors (Lipinski definition) is 0. The van der Waals surface area contributed by atoms with Gasteiger partial charge in [-0.3, -0.25) is 4.79 Å². The zero-order valence-corrected chi connectivity index (χ0v) is 11.2. The third-order valence-corrected chi connectivity index (χ3v) is 2.88. The first-order valence-corrected chi connectivity index (χ1v) is 6.07. The zero-order valence-electron chi connectivity index (χ0n) is 10.5. The Bertz CT molecular complexity index is 705. The van der Waals surface area contributed by atoms with Gasteiger partial charge in [0, 0.05) is 17.5 Å². The Kier molecular flexibility index (Phi) is 4.02. The van der Waals surface area contributed by atoms with E-state index in [4.69, 9.17) is 21.6 Å². The van der Waals surface area contributed by atoms with Gasteiger partial charge in [-0.2, -0.15) is 5.26 Å². The number of ether oxygens (including phenoxy) is 1. The van der Waals surface area contributed by atoms with Crippen molar-refractivity contribution in [3.05, 3.63) is 52.8 Å². The Hall–Kier alpha value is -2.38. The number of rotatable bonds is 2. The molecule has 0 aromatic heterocycles. The minimum Gasteiger partial charge on any atom is -0.425 e. The Morgan fingerprint density at radius 3 is 2.45 bits per heavy atom. The summed E-state index contributed by atoms with van der Waals surface area (Å²) in [5, 5.41) is 9.56. The van der Waals surface area contributed by atoms with E-state index in [-0.39, 0.29) is 16.9 Å². The highest BCUT2D eigenvalue weighted by Crippen LogP contribution is 2.31. The molecule has 0 bridgehead atoms. The smallest absolute Gasteiger partial charge is 0.308 e. The Morgan fingerprint density at radius 2 is 1.90 bits per heavy atom. The standard InChI is InChI=1S/C15H9ClFNO2/c1-9(19)20-14-7-6-12(15(17)13(14)8-18)10-2-4-11(16)5-3-10/h2-7H,1H3. The van der Waals surface area contributed by atoms with Crippen molar-refractivity contribution in [3.8, 4) is 22.9 Å². The lowest BCUT2D eigenvalue weighted by molar-refractivity contribution is -0.131. The fraction of sp³-hybridized carbons (Fsp3) is 0.0667. The molecular formula is C15H9ClFNO2. The molecule has 0 atom stereocenters. The monoisotopic (exact) mass is 289 g/mol. The van der Waals surface area contributed by atoms with Gasteiger partial charge >= 0.3 is 5.97 Å². The summed E-state index contributed by atoms with van der Waals surface area (Å²) >= 11 is 5.78. The summed E-state index contributed by atoms with van der Waals surface area (Å²) in [6.07, 6.45) is 0. The van der Waals surface area contributed by atoms with Crippen LogP contribution < -0.4 is 4.74 Å². The van der Waals surface area contributed by atoms with E-state index in [0.717, 1.165) is 0 Å². The van der Waals surface area contributed by atoms with Gasteiger partial charge < -0.3 is 4.74 Å². The molecule has 0 saturated carbocycles. The van der Waals surface area contributed by atoms with Crippen molar-refractivity contribution in [3.63, 3.8) is 0 Å². The fourth-order valence-corrected chi connectivity index (χ4v) is 1.88. The number of nitriles is 1. The quantitative estimate of drug-likeness (QED) is 0.621. The summed E-state index contributed by atoms with van der Waals surface area (Å²) in [5.41, 5.74) is 0.527. The van der Waals surface area contributed by atoms with Crippen LogP contribution in [0.25, 0.3) is 11.1 Å². The maximum atomic E-state index is 14.3. The lowest BCUT2D eigenvalue weighted by atomic mass is 10.0.